The van der Waals surface area contributed by atoms with Crippen LogP contribution in [0.5, 0.6) is 11.9 Å². The van der Waals surface area contributed by atoms with Crippen molar-refractivity contribution in [2.75, 3.05) is 43.8 Å². The fourth-order valence-corrected chi connectivity index (χ4v) is 6.71. The Hall–Kier alpha value is -3.85. The van der Waals surface area contributed by atoms with Gasteiger partial charge in [0.25, 0.3) is 0 Å². The van der Waals surface area contributed by atoms with Crippen molar-refractivity contribution >= 4 is 22.4 Å². The maximum absolute atomic E-state index is 16.7. The SMILES string of the molecule is C/C=C1/CNCC[C@H](C)Oc2nc(-c3cc(N)c(F)c(C)c3C(F)(F)F)c(F)c3nc(OCC45CCCN4C[C@H](F)C5)nc(c23)N1. The van der Waals surface area contributed by atoms with Crippen molar-refractivity contribution in [3.63, 3.8) is 0 Å². The zero-order chi connectivity index (χ0) is 33.0. The van der Waals surface area contributed by atoms with Crippen molar-refractivity contribution in [1.29, 1.82) is 0 Å². The molecule has 3 aromatic rings. The molecule has 2 fully saturated rings. The molecule has 5 heterocycles. The van der Waals surface area contributed by atoms with Crippen molar-refractivity contribution in [2.45, 2.75) is 70.4 Å². The molecule has 0 radical (unpaired) electrons. The van der Waals surface area contributed by atoms with Gasteiger partial charge in [-0.25, -0.2) is 18.2 Å². The average molecular weight is 652 g/mol. The third-order valence-electron chi connectivity index (χ3n) is 9.01. The number of anilines is 2. The second-order valence-corrected chi connectivity index (χ2v) is 12.2. The van der Waals surface area contributed by atoms with E-state index in [1.54, 1.807) is 19.9 Å². The first kappa shape index (κ1) is 32.1. The van der Waals surface area contributed by atoms with Crippen LogP contribution >= 0.6 is 0 Å². The zero-order valence-electron chi connectivity index (χ0n) is 25.6. The molecule has 2 saturated heterocycles. The Morgan fingerprint density at radius 1 is 1.22 bits per heavy atom. The Balaban J connectivity index is 1.58. The van der Waals surface area contributed by atoms with E-state index in [1.165, 1.54) is 0 Å². The second-order valence-electron chi connectivity index (χ2n) is 12.2. The summed E-state index contributed by atoms with van der Waals surface area (Å²) >= 11 is 0. The largest absolute Gasteiger partial charge is 0.474 e. The van der Waals surface area contributed by atoms with E-state index < -0.39 is 69.2 Å². The highest BCUT2D eigenvalue weighted by Gasteiger charge is 2.49. The van der Waals surface area contributed by atoms with Crippen LogP contribution in [0.3, 0.4) is 0 Å². The van der Waals surface area contributed by atoms with Gasteiger partial charge in [-0.2, -0.15) is 23.1 Å². The Morgan fingerprint density at radius 2 is 2.00 bits per heavy atom. The molecule has 0 spiro atoms. The minimum absolute atomic E-state index is 0.0209. The number of hydrogen-bond donors (Lipinski definition) is 3. The van der Waals surface area contributed by atoms with Crippen molar-refractivity contribution in [1.82, 2.24) is 25.2 Å². The number of hydrogen-bond acceptors (Lipinski definition) is 9. The molecule has 0 aliphatic carbocycles. The predicted octanol–water partition coefficient (Wildman–Crippen LogP) is 5.91. The monoisotopic (exact) mass is 651 g/mol. The maximum Gasteiger partial charge on any atom is 0.417 e. The van der Waals surface area contributed by atoms with Gasteiger partial charge in [-0.1, -0.05) is 6.08 Å². The van der Waals surface area contributed by atoms with Crippen LogP contribution in [0.1, 0.15) is 50.7 Å². The van der Waals surface area contributed by atoms with Crippen LogP contribution < -0.4 is 25.8 Å². The number of halogens is 6. The van der Waals surface area contributed by atoms with Crippen LogP contribution in [0.25, 0.3) is 22.2 Å². The normalized spacial score (nSPS) is 24.8. The smallest absolute Gasteiger partial charge is 0.417 e. The number of pyridine rings is 1. The Bertz CT molecular complexity index is 1700. The number of fused-ring (bicyclic) bond motifs is 1. The number of benzene rings is 1. The lowest BCUT2D eigenvalue weighted by Crippen LogP contribution is -2.43. The molecule has 9 nitrogen and oxygen atoms in total. The number of ether oxygens (including phenoxy) is 2. The zero-order valence-corrected chi connectivity index (χ0v) is 25.6. The number of alkyl halides is 4. The van der Waals surface area contributed by atoms with E-state index >= 15 is 4.39 Å². The molecule has 2 aromatic heterocycles. The summed E-state index contributed by atoms with van der Waals surface area (Å²) in [4.78, 5) is 15.2. The molecular weight excluding hydrogens is 616 g/mol. The number of rotatable bonds is 4. The number of aromatic nitrogens is 3. The van der Waals surface area contributed by atoms with E-state index in [1.807, 2.05) is 4.90 Å². The van der Waals surface area contributed by atoms with Crippen molar-refractivity contribution in [2.24, 2.45) is 0 Å². The lowest BCUT2D eigenvalue weighted by Gasteiger charge is -2.30. The Kier molecular flexibility index (Phi) is 8.42. The van der Waals surface area contributed by atoms with Gasteiger partial charge in [0.1, 0.15) is 35.2 Å². The maximum atomic E-state index is 16.7. The first-order chi connectivity index (χ1) is 21.8. The summed E-state index contributed by atoms with van der Waals surface area (Å²) in [6, 6.07) is 0.447. The summed E-state index contributed by atoms with van der Waals surface area (Å²) < 4.78 is 101. The minimum Gasteiger partial charge on any atom is -0.474 e. The number of nitrogens with zero attached hydrogens (tertiary/aromatic N) is 4. The first-order valence-electron chi connectivity index (χ1n) is 15.2. The molecule has 46 heavy (non-hydrogen) atoms. The van der Waals surface area contributed by atoms with Gasteiger partial charge in [-0.15, -0.1) is 0 Å². The summed E-state index contributed by atoms with van der Waals surface area (Å²) in [6.07, 6.45) is -2.50. The fraction of sp³-hybridized carbons (Fsp3) is 0.516. The number of allylic oxidation sites excluding steroid dienone is 1. The van der Waals surface area contributed by atoms with Crippen LogP contribution in [0.2, 0.25) is 0 Å². The van der Waals surface area contributed by atoms with Gasteiger partial charge < -0.3 is 25.8 Å². The topological polar surface area (TPSA) is 110 Å². The fourth-order valence-electron chi connectivity index (χ4n) is 6.71. The molecule has 4 N–H and O–H groups in total. The molecule has 0 bridgehead atoms. The summed E-state index contributed by atoms with van der Waals surface area (Å²) in [5.74, 6) is -2.67. The van der Waals surface area contributed by atoms with E-state index in [0.29, 0.717) is 37.7 Å². The van der Waals surface area contributed by atoms with E-state index in [0.717, 1.165) is 19.9 Å². The van der Waals surface area contributed by atoms with Crippen LogP contribution in [-0.2, 0) is 6.18 Å². The number of nitrogen functional groups attached to an aromatic ring is 1. The third kappa shape index (κ3) is 5.78. The molecule has 3 atom stereocenters. The molecule has 1 unspecified atom stereocenters. The van der Waals surface area contributed by atoms with Crippen molar-refractivity contribution in [3.05, 3.63) is 40.6 Å². The first-order valence-corrected chi connectivity index (χ1v) is 15.2. The van der Waals surface area contributed by atoms with Crippen molar-refractivity contribution < 1.29 is 35.8 Å². The van der Waals surface area contributed by atoms with Gasteiger partial charge in [-0.3, -0.25) is 4.90 Å². The lowest BCUT2D eigenvalue weighted by atomic mass is 9.95. The van der Waals surface area contributed by atoms with Gasteiger partial charge in [0.05, 0.1) is 22.9 Å². The van der Waals surface area contributed by atoms with Crippen LogP contribution in [0.15, 0.2) is 17.8 Å². The van der Waals surface area contributed by atoms with Gasteiger partial charge >= 0.3 is 12.2 Å². The molecule has 1 aromatic carbocycles. The van der Waals surface area contributed by atoms with Gasteiger partial charge in [0, 0.05) is 30.8 Å². The van der Waals surface area contributed by atoms with Crippen LogP contribution in [0.4, 0.5) is 37.8 Å². The summed E-state index contributed by atoms with van der Waals surface area (Å²) in [5, 5.41) is 6.41. The predicted molar refractivity (Wildman–Crippen MR) is 160 cm³/mol. The molecule has 3 aliphatic rings. The molecule has 15 heteroatoms. The summed E-state index contributed by atoms with van der Waals surface area (Å²) in [6.45, 7) is 6.41. The highest BCUT2D eigenvalue weighted by Crippen LogP contribution is 2.45. The molecule has 0 saturated carbocycles. The quantitative estimate of drug-likeness (QED) is 0.234. The van der Waals surface area contributed by atoms with Crippen molar-refractivity contribution in [3.8, 4) is 23.1 Å². The average Bonchev–Trinajstić information content (AvgIpc) is 3.51. The third-order valence-corrected chi connectivity index (χ3v) is 9.01. The highest BCUT2D eigenvalue weighted by molar-refractivity contribution is 5.97. The number of nitrogens with two attached hydrogens (primary N) is 1. The summed E-state index contributed by atoms with van der Waals surface area (Å²) in [5.41, 5.74) is 1.04. The van der Waals surface area contributed by atoms with E-state index in [4.69, 9.17) is 15.2 Å². The molecule has 0 amide bonds. The van der Waals surface area contributed by atoms with Crippen LogP contribution in [0, 0.1) is 18.6 Å². The molecule has 248 valence electrons. The highest BCUT2D eigenvalue weighted by atomic mass is 19.4. The Morgan fingerprint density at radius 3 is 2.74 bits per heavy atom. The van der Waals surface area contributed by atoms with E-state index in [-0.39, 0.29) is 42.7 Å². The standard InChI is InChI=1S/C31H35F6N7O2/c1-4-18-12-39-8-6-15(2)46-28-21-26(24(34)25(41-28)19-10-20(38)23(33)16(3)22(19)31(35,36)37)42-29(43-27(21)40-18)45-14-30-7-5-9-44(30)13-17(32)11-30/h4,10,15,17,39H,5-9,11-14,38H2,1-3H3,(H,40,42,43)/b18-4-/t15-,17+,30?/m0/s1. The van der Waals surface area contributed by atoms with Gasteiger partial charge in [-0.05, 0) is 64.8 Å². The molecular formula is C31H35F6N7O2. The van der Waals surface area contributed by atoms with Crippen LogP contribution in [-0.4, -0.2) is 70.5 Å². The molecule has 6 rings (SSSR count). The summed E-state index contributed by atoms with van der Waals surface area (Å²) in [7, 11) is 0. The van der Waals surface area contributed by atoms with E-state index in [9.17, 15) is 22.0 Å². The van der Waals surface area contributed by atoms with Gasteiger partial charge in [0.15, 0.2) is 11.6 Å². The lowest BCUT2D eigenvalue weighted by molar-refractivity contribution is -0.137. The minimum atomic E-state index is -5.08. The molecule has 3 aliphatic heterocycles. The second kappa shape index (κ2) is 12.1. The van der Waals surface area contributed by atoms with Gasteiger partial charge in [0.2, 0.25) is 5.88 Å². The Labute approximate surface area is 261 Å². The number of nitrogens with one attached hydrogen (secondary N) is 2. The van der Waals surface area contributed by atoms with E-state index in [2.05, 4.69) is 25.6 Å².